The van der Waals surface area contributed by atoms with E-state index in [0.717, 1.165) is 36.8 Å². The summed E-state index contributed by atoms with van der Waals surface area (Å²) in [6.07, 6.45) is 0. The van der Waals surface area contributed by atoms with E-state index in [1.165, 1.54) is 0 Å². The average molecular weight is 437 g/mol. The normalized spacial score (nSPS) is 12.5. The van der Waals surface area contributed by atoms with Crippen molar-refractivity contribution in [2.24, 2.45) is 0 Å². The van der Waals surface area contributed by atoms with Gasteiger partial charge in [0.15, 0.2) is 0 Å². The maximum Gasteiger partial charge on any atom is 0.310 e. The number of carboxylic acid groups (broad SMARTS) is 1. The summed E-state index contributed by atoms with van der Waals surface area (Å²) >= 11 is 6.94. The molecule has 1 aromatic heterocycles. The van der Waals surface area contributed by atoms with Crippen molar-refractivity contribution < 1.29 is 9.90 Å². The molecule has 3 nitrogen and oxygen atoms in total. The number of carbonyl (C=O) groups is 1. The monoisotopic (exact) mass is 435 g/mol. The van der Waals surface area contributed by atoms with Gasteiger partial charge in [0.25, 0.3) is 0 Å². The minimum Gasteiger partial charge on any atom is -0.481 e. The van der Waals surface area contributed by atoms with E-state index >= 15 is 0 Å². The molecule has 1 N–H and O–H groups in total. The smallest absolute Gasteiger partial charge is 0.310 e. The summed E-state index contributed by atoms with van der Waals surface area (Å²) in [5.74, 6) is -1.38. The summed E-state index contributed by atoms with van der Waals surface area (Å²) in [7, 11) is 0. The minimum atomic E-state index is -0.817. The number of carboxylic acids is 1. The fourth-order valence-corrected chi connectivity index (χ4v) is 3.63. The van der Waals surface area contributed by atoms with E-state index < -0.39 is 11.9 Å². The van der Waals surface area contributed by atoms with Gasteiger partial charge < -0.3 is 9.67 Å². The lowest BCUT2D eigenvalue weighted by atomic mass is 9.98. The van der Waals surface area contributed by atoms with Crippen LogP contribution in [0.3, 0.4) is 0 Å². The molecule has 0 amide bonds. The van der Waals surface area contributed by atoms with Gasteiger partial charge >= 0.3 is 5.97 Å². The second kappa shape index (κ2) is 6.13. The number of aliphatic carboxylic acids is 1. The minimum absolute atomic E-state index is 0.566. The van der Waals surface area contributed by atoms with Crippen molar-refractivity contribution in [3.63, 3.8) is 0 Å². The molecule has 0 fully saturated rings. The first-order chi connectivity index (χ1) is 10.9. The Morgan fingerprint density at radius 2 is 1.70 bits per heavy atom. The van der Waals surface area contributed by atoms with E-state index in [1.807, 2.05) is 49.4 Å². The Bertz CT molecular complexity index is 898. The second-order valence-corrected chi connectivity index (χ2v) is 7.36. The molecule has 3 aromatic rings. The number of halogens is 2. The van der Waals surface area contributed by atoms with Crippen molar-refractivity contribution in [2.75, 3.05) is 0 Å². The molecule has 0 aliphatic carbocycles. The van der Waals surface area contributed by atoms with E-state index in [4.69, 9.17) is 0 Å². The first-order valence-electron chi connectivity index (χ1n) is 7.19. The van der Waals surface area contributed by atoms with Crippen LogP contribution in [0.4, 0.5) is 0 Å². The molecule has 2 aromatic carbocycles. The van der Waals surface area contributed by atoms with Crippen molar-refractivity contribution in [3.05, 3.63) is 62.7 Å². The highest BCUT2D eigenvalue weighted by Crippen LogP contribution is 2.36. The Morgan fingerprint density at radius 1 is 1.09 bits per heavy atom. The number of rotatable bonds is 3. The van der Waals surface area contributed by atoms with Gasteiger partial charge in [-0.2, -0.15) is 0 Å². The summed E-state index contributed by atoms with van der Waals surface area (Å²) < 4.78 is 4.07. The zero-order chi connectivity index (χ0) is 16.7. The van der Waals surface area contributed by atoms with Crippen molar-refractivity contribution in [1.82, 2.24) is 4.57 Å². The van der Waals surface area contributed by atoms with Gasteiger partial charge in [-0.05, 0) is 61.9 Å². The van der Waals surface area contributed by atoms with Gasteiger partial charge in [0.1, 0.15) is 0 Å². The number of fused-ring (bicyclic) bond motifs is 1. The summed E-state index contributed by atoms with van der Waals surface area (Å²) in [5, 5.41) is 10.4. The molecule has 5 heteroatoms. The lowest BCUT2D eigenvalue weighted by molar-refractivity contribution is -0.138. The second-order valence-electron chi connectivity index (χ2n) is 5.53. The highest BCUT2D eigenvalue weighted by Gasteiger charge is 2.24. The van der Waals surface area contributed by atoms with Crippen LogP contribution in [0.25, 0.3) is 16.6 Å². The highest BCUT2D eigenvalue weighted by atomic mass is 79.9. The van der Waals surface area contributed by atoms with Gasteiger partial charge in [-0.25, -0.2) is 0 Å². The van der Waals surface area contributed by atoms with Crippen LogP contribution in [0, 0.1) is 6.92 Å². The lowest BCUT2D eigenvalue weighted by Gasteiger charge is -2.10. The fraction of sp³-hybridized carbons (Fsp3) is 0.167. The van der Waals surface area contributed by atoms with Crippen molar-refractivity contribution in [2.45, 2.75) is 19.8 Å². The topological polar surface area (TPSA) is 42.2 Å². The van der Waals surface area contributed by atoms with Gasteiger partial charge in [0, 0.05) is 25.7 Å². The van der Waals surface area contributed by atoms with E-state index in [1.54, 1.807) is 6.92 Å². The molecule has 0 unspecified atom stereocenters. The molecule has 118 valence electrons. The van der Waals surface area contributed by atoms with Crippen molar-refractivity contribution in [1.29, 1.82) is 0 Å². The Hall–Kier alpha value is -1.59. The summed E-state index contributed by atoms with van der Waals surface area (Å²) in [6.45, 7) is 3.71. The van der Waals surface area contributed by atoms with Crippen LogP contribution in [0.15, 0.2) is 51.4 Å². The Balaban J connectivity index is 2.36. The molecule has 0 aliphatic rings. The van der Waals surface area contributed by atoms with Crippen LogP contribution in [0.2, 0.25) is 0 Å². The van der Waals surface area contributed by atoms with Crippen LogP contribution in [0.5, 0.6) is 0 Å². The molecule has 3 rings (SSSR count). The zero-order valence-corrected chi connectivity index (χ0v) is 15.8. The molecule has 1 heterocycles. The Labute approximate surface area is 151 Å². The predicted molar refractivity (Wildman–Crippen MR) is 99.5 cm³/mol. The molecule has 0 saturated carbocycles. The summed E-state index contributed by atoms with van der Waals surface area (Å²) in [6, 6.07) is 14.0. The molecule has 0 radical (unpaired) electrons. The van der Waals surface area contributed by atoms with Crippen LogP contribution in [-0.4, -0.2) is 15.6 Å². The molecule has 0 aliphatic heterocycles. The molecule has 0 spiro atoms. The van der Waals surface area contributed by atoms with Crippen LogP contribution in [-0.2, 0) is 4.79 Å². The highest BCUT2D eigenvalue weighted by molar-refractivity contribution is 9.10. The first-order valence-corrected chi connectivity index (χ1v) is 8.78. The Morgan fingerprint density at radius 3 is 2.30 bits per heavy atom. The van der Waals surface area contributed by atoms with Crippen molar-refractivity contribution >= 4 is 48.7 Å². The van der Waals surface area contributed by atoms with Gasteiger partial charge in [0.2, 0.25) is 0 Å². The number of hydrogen-bond donors (Lipinski definition) is 1. The van der Waals surface area contributed by atoms with Gasteiger partial charge in [0.05, 0.1) is 11.4 Å². The fourth-order valence-electron chi connectivity index (χ4n) is 3.01. The van der Waals surface area contributed by atoms with Gasteiger partial charge in [-0.15, -0.1) is 0 Å². The van der Waals surface area contributed by atoms with Gasteiger partial charge in [-0.1, -0.05) is 31.9 Å². The molecule has 1 atom stereocenters. The quantitative estimate of drug-likeness (QED) is 0.576. The lowest BCUT2D eigenvalue weighted by Crippen LogP contribution is -2.09. The predicted octanol–water partition coefficient (Wildman–Crippen LogP) is 5.65. The molecular formula is C18H15Br2NO2. The summed E-state index contributed by atoms with van der Waals surface area (Å²) in [5.41, 5.74) is 3.84. The maximum absolute atomic E-state index is 11.5. The SMILES string of the molecule is Cc1c([C@H](C)C(=O)O)c2cc(Br)ccc2n1-c1ccc(Br)cc1. The first kappa shape index (κ1) is 16.3. The van der Waals surface area contributed by atoms with Crippen LogP contribution >= 0.6 is 31.9 Å². The third-order valence-corrected chi connectivity index (χ3v) is 5.13. The van der Waals surface area contributed by atoms with Crippen LogP contribution < -0.4 is 0 Å². The molecule has 0 saturated heterocycles. The van der Waals surface area contributed by atoms with E-state index in [0.29, 0.717) is 0 Å². The molecule has 0 bridgehead atoms. The average Bonchev–Trinajstić information content (AvgIpc) is 2.78. The maximum atomic E-state index is 11.5. The third kappa shape index (κ3) is 2.83. The number of nitrogens with zero attached hydrogens (tertiary/aromatic N) is 1. The largest absolute Gasteiger partial charge is 0.481 e. The summed E-state index contributed by atoms with van der Waals surface area (Å²) in [4.78, 5) is 11.5. The standard InChI is InChI=1S/C18H15Br2NO2/c1-10(18(22)23)17-11(2)21(14-6-3-12(19)4-7-14)16-8-5-13(20)9-15(16)17/h3-10H,1-2H3,(H,22,23)/t10-/m0/s1. The number of aromatic nitrogens is 1. The molecule has 23 heavy (non-hydrogen) atoms. The number of benzene rings is 2. The molecular weight excluding hydrogens is 422 g/mol. The van der Waals surface area contributed by atoms with E-state index in [-0.39, 0.29) is 0 Å². The zero-order valence-electron chi connectivity index (χ0n) is 12.7. The van der Waals surface area contributed by atoms with Gasteiger partial charge in [-0.3, -0.25) is 4.79 Å². The number of hydrogen-bond acceptors (Lipinski definition) is 1. The van der Waals surface area contributed by atoms with E-state index in [2.05, 4.69) is 36.4 Å². The van der Waals surface area contributed by atoms with Crippen molar-refractivity contribution in [3.8, 4) is 5.69 Å². The third-order valence-electron chi connectivity index (χ3n) is 4.10. The van der Waals surface area contributed by atoms with Crippen LogP contribution in [0.1, 0.15) is 24.1 Å². The Kier molecular flexibility index (Phi) is 4.34. The van der Waals surface area contributed by atoms with E-state index in [9.17, 15) is 9.90 Å².